The summed E-state index contributed by atoms with van der Waals surface area (Å²) < 4.78 is 1.34. The highest BCUT2D eigenvalue weighted by Crippen LogP contribution is 2.12. The molecule has 0 radical (unpaired) electrons. The van der Waals surface area contributed by atoms with Crippen LogP contribution in [-0.4, -0.2) is 14.9 Å². The number of rotatable bonds is 1. The van der Waals surface area contributed by atoms with Crippen LogP contribution < -0.4 is 0 Å². The fourth-order valence-corrected chi connectivity index (χ4v) is 1.03. The van der Waals surface area contributed by atoms with Gasteiger partial charge in [-0.05, 0) is 11.6 Å². The fraction of sp³-hybridized carbons (Fsp3) is 0.429. The van der Waals surface area contributed by atoms with Gasteiger partial charge in [-0.2, -0.15) is 0 Å². The second kappa shape index (κ2) is 3.05. The molecule has 1 rings (SSSR count). The second-order valence-electron chi connectivity index (χ2n) is 2.56. The van der Waals surface area contributed by atoms with Crippen molar-refractivity contribution in [2.75, 3.05) is 0 Å². The lowest BCUT2D eigenvalue weighted by molar-refractivity contribution is 0.260. The third-order valence-corrected chi connectivity index (χ3v) is 1.56. The molecule has 0 aliphatic rings. The van der Waals surface area contributed by atoms with Crippen molar-refractivity contribution < 1.29 is 4.79 Å². The Morgan fingerprint density at radius 2 is 2.36 bits per heavy atom. The van der Waals surface area contributed by atoms with E-state index in [1.165, 1.54) is 4.57 Å². The van der Waals surface area contributed by atoms with Crippen molar-refractivity contribution in [3.05, 3.63) is 18.2 Å². The highest BCUT2D eigenvalue weighted by atomic mass is 35.5. The summed E-state index contributed by atoms with van der Waals surface area (Å²) in [4.78, 5) is 14.7. The van der Waals surface area contributed by atoms with E-state index >= 15 is 0 Å². The Balaban J connectivity index is 3.06. The van der Waals surface area contributed by atoms with E-state index in [1.54, 1.807) is 12.4 Å². The molecule has 0 spiro atoms. The number of halogens is 1. The Morgan fingerprint density at radius 1 is 1.73 bits per heavy atom. The average Bonchev–Trinajstić information content (AvgIpc) is 2.32. The Labute approximate surface area is 70.0 Å². The first-order valence-corrected chi connectivity index (χ1v) is 3.73. The summed E-state index contributed by atoms with van der Waals surface area (Å²) in [7, 11) is 0. The third kappa shape index (κ3) is 1.60. The van der Waals surface area contributed by atoms with Crippen LogP contribution in [0.4, 0.5) is 4.79 Å². The van der Waals surface area contributed by atoms with Crippen molar-refractivity contribution in [3.63, 3.8) is 0 Å². The van der Waals surface area contributed by atoms with Crippen LogP contribution in [0.15, 0.2) is 12.4 Å². The van der Waals surface area contributed by atoms with E-state index in [1.807, 2.05) is 13.8 Å². The monoisotopic (exact) mass is 172 g/mol. The summed E-state index contributed by atoms with van der Waals surface area (Å²) in [6, 6.07) is 0. The number of aromatic nitrogens is 2. The van der Waals surface area contributed by atoms with Gasteiger partial charge in [-0.25, -0.2) is 4.98 Å². The molecule has 0 saturated heterocycles. The predicted molar refractivity (Wildman–Crippen MR) is 43.0 cm³/mol. The van der Waals surface area contributed by atoms with Gasteiger partial charge in [0.05, 0.1) is 0 Å². The first-order valence-electron chi connectivity index (χ1n) is 3.36. The molecule has 0 amide bonds. The topological polar surface area (TPSA) is 34.9 Å². The van der Waals surface area contributed by atoms with E-state index in [9.17, 15) is 4.79 Å². The van der Waals surface area contributed by atoms with Crippen molar-refractivity contribution in [2.24, 2.45) is 0 Å². The first kappa shape index (κ1) is 8.27. The number of hydrogen-bond acceptors (Lipinski definition) is 2. The molecule has 0 aromatic carbocycles. The minimum Gasteiger partial charge on any atom is -0.260 e. The van der Waals surface area contributed by atoms with Crippen molar-refractivity contribution in [3.8, 4) is 0 Å². The first-order chi connectivity index (χ1) is 5.13. The molecule has 1 aromatic heterocycles. The van der Waals surface area contributed by atoms with Crippen LogP contribution in [0.3, 0.4) is 0 Å². The molecular weight excluding hydrogens is 164 g/mol. The van der Waals surface area contributed by atoms with Crippen LogP contribution in [0.2, 0.25) is 0 Å². The lowest BCUT2D eigenvalue weighted by atomic mass is 10.2. The summed E-state index contributed by atoms with van der Waals surface area (Å²) in [6.07, 6.45) is 3.13. The zero-order valence-electron chi connectivity index (χ0n) is 6.41. The van der Waals surface area contributed by atoms with Crippen LogP contribution in [0.1, 0.15) is 25.6 Å². The molecule has 0 atom stereocenters. The van der Waals surface area contributed by atoms with Crippen molar-refractivity contribution in [2.45, 2.75) is 19.8 Å². The number of hydrogen-bond donors (Lipinski definition) is 0. The van der Waals surface area contributed by atoms with E-state index in [0.717, 1.165) is 0 Å². The van der Waals surface area contributed by atoms with Gasteiger partial charge < -0.3 is 0 Å². The van der Waals surface area contributed by atoms with E-state index in [0.29, 0.717) is 5.82 Å². The lowest BCUT2D eigenvalue weighted by Crippen LogP contribution is -2.07. The molecule has 0 bridgehead atoms. The average molecular weight is 173 g/mol. The molecule has 1 aromatic rings. The molecule has 0 aliphatic heterocycles. The van der Waals surface area contributed by atoms with Crippen LogP contribution >= 0.6 is 11.6 Å². The Morgan fingerprint density at radius 3 is 2.73 bits per heavy atom. The minimum absolute atomic E-state index is 0.215. The van der Waals surface area contributed by atoms with Gasteiger partial charge in [0, 0.05) is 18.3 Å². The van der Waals surface area contributed by atoms with E-state index in [4.69, 9.17) is 11.6 Å². The number of imidazole rings is 1. The summed E-state index contributed by atoms with van der Waals surface area (Å²) in [5.74, 6) is 0.915. The van der Waals surface area contributed by atoms with Crippen LogP contribution in [0.5, 0.6) is 0 Å². The molecule has 3 nitrogen and oxygen atoms in total. The molecule has 1 heterocycles. The normalized spacial score (nSPS) is 10.5. The maximum absolute atomic E-state index is 10.7. The van der Waals surface area contributed by atoms with Gasteiger partial charge in [0.2, 0.25) is 0 Å². The predicted octanol–water partition coefficient (Wildman–Crippen LogP) is 2.21. The smallest absolute Gasteiger partial charge is 0.260 e. The quantitative estimate of drug-likeness (QED) is 0.609. The largest absolute Gasteiger partial charge is 0.325 e. The highest BCUT2D eigenvalue weighted by Gasteiger charge is 2.10. The number of carbonyl (C=O) groups is 1. The standard InChI is InChI=1S/C7H9ClN2O/c1-5(2)6-9-3-4-10(6)7(8)11/h3-5H,1-2H3. The Bertz CT molecular complexity index is 267. The van der Waals surface area contributed by atoms with Crippen LogP contribution in [0.25, 0.3) is 0 Å². The van der Waals surface area contributed by atoms with E-state index in [-0.39, 0.29) is 5.92 Å². The lowest BCUT2D eigenvalue weighted by Gasteiger charge is -2.03. The van der Waals surface area contributed by atoms with Gasteiger partial charge in [-0.3, -0.25) is 9.36 Å². The van der Waals surface area contributed by atoms with Gasteiger partial charge in [-0.1, -0.05) is 13.8 Å². The Kier molecular flexibility index (Phi) is 2.29. The maximum atomic E-state index is 10.7. The van der Waals surface area contributed by atoms with Crippen molar-refractivity contribution in [1.29, 1.82) is 0 Å². The Hall–Kier alpha value is -0.830. The zero-order valence-corrected chi connectivity index (χ0v) is 7.17. The molecule has 0 N–H and O–H groups in total. The zero-order chi connectivity index (χ0) is 8.43. The van der Waals surface area contributed by atoms with Crippen LogP contribution in [0, 0.1) is 0 Å². The van der Waals surface area contributed by atoms with Crippen molar-refractivity contribution >= 4 is 17.0 Å². The van der Waals surface area contributed by atoms with Gasteiger partial charge >= 0.3 is 5.37 Å². The van der Waals surface area contributed by atoms with Gasteiger partial charge in [-0.15, -0.1) is 0 Å². The number of nitrogens with zero attached hydrogens (tertiary/aromatic N) is 2. The summed E-state index contributed by atoms with van der Waals surface area (Å²) in [6.45, 7) is 3.91. The molecule has 0 aliphatic carbocycles. The molecule has 11 heavy (non-hydrogen) atoms. The molecule has 4 heteroatoms. The van der Waals surface area contributed by atoms with E-state index in [2.05, 4.69) is 4.98 Å². The van der Waals surface area contributed by atoms with E-state index < -0.39 is 5.37 Å². The van der Waals surface area contributed by atoms with Gasteiger partial charge in [0.1, 0.15) is 5.82 Å². The SMILES string of the molecule is CC(C)c1nccn1C(=O)Cl. The van der Waals surface area contributed by atoms with Gasteiger partial charge in [0.25, 0.3) is 0 Å². The van der Waals surface area contributed by atoms with Crippen molar-refractivity contribution in [1.82, 2.24) is 9.55 Å². The van der Waals surface area contributed by atoms with Gasteiger partial charge in [0.15, 0.2) is 0 Å². The number of carbonyl (C=O) groups excluding carboxylic acids is 1. The maximum Gasteiger partial charge on any atom is 0.325 e. The molecule has 0 saturated carbocycles. The summed E-state index contributed by atoms with van der Waals surface area (Å²) >= 11 is 5.28. The molecular formula is C7H9ClN2O. The summed E-state index contributed by atoms with van der Waals surface area (Å²) in [5.41, 5.74) is 0. The van der Waals surface area contributed by atoms with Crippen LogP contribution in [-0.2, 0) is 0 Å². The molecule has 0 fully saturated rings. The molecule has 60 valence electrons. The highest BCUT2D eigenvalue weighted by molar-refractivity contribution is 6.63. The minimum atomic E-state index is -0.508. The third-order valence-electron chi connectivity index (χ3n) is 1.38. The second-order valence-corrected chi connectivity index (χ2v) is 2.89. The molecule has 0 unspecified atom stereocenters. The summed E-state index contributed by atoms with van der Waals surface area (Å²) in [5, 5.41) is -0.508. The fourth-order valence-electron chi connectivity index (χ4n) is 0.891.